The first-order chi connectivity index (χ1) is 13.8. The van der Waals surface area contributed by atoms with Crippen molar-refractivity contribution in [1.82, 2.24) is 9.88 Å². The summed E-state index contributed by atoms with van der Waals surface area (Å²) >= 11 is 0. The predicted octanol–water partition coefficient (Wildman–Crippen LogP) is 2.09. The molecule has 0 bridgehead atoms. The fraction of sp³-hybridized carbons (Fsp3) is 0.429. The van der Waals surface area contributed by atoms with E-state index in [1.165, 1.54) is 16.2 Å². The van der Waals surface area contributed by atoms with Gasteiger partial charge in [0.15, 0.2) is 0 Å². The van der Waals surface area contributed by atoms with Crippen molar-refractivity contribution in [2.45, 2.75) is 52.5 Å². The van der Waals surface area contributed by atoms with Gasteiger partial charge in [0, 0.05) is 36.6 Å². The van der Waals surface area contributed by atoms with E-state index in [1.54, 1.807) is 12.3 Å². The van der Waals surface area contributed by atoms with Crippen molar-refractivity contribution in [2.24, 2.45) is 5.92 Å². The second-order valence-corrected chi connectivity index (χ2v) is 7.59. The number of aromatic nitrogens is 1. The zero-order chi connectivity index (χ0) is 21.4. The van der Waals surface area contributed by atoms with Gasteiger partial charge < -0.3 is 25.2 Å². The van der Waals surface area contributed by atoms with Crippen LogP contribution in [0.15, 0.2) is 47.4 Å². The van der Waals surface area contributed by atoms with Crippen molar-refractivity contribution in [3.05, 3.63) is 58.5 Å². The third kappa shape index (κ3) is 7.40. The van der Waals surface area contributed by atoms with Crippen LogP contribution in [0.4, 0.5) is 11.4 Å². The van der Waals surface area contributed by atoms with E-state index < -0.39 is 13.1 Å². The van der Waals surface area contributed by atoms with Gasteiger partial charge in [-0.15, -0.1) is 0 Å². The number of hydrogen-bond donors (Lipinski definition) is 4. The first kappa shape index (κ1) is 22.7. The zero-order valence-corrected chi connectivity index (χ0v) is 17.3. The highest BCUT2D eigenvalue weighted by Crippen LogP contribution is 2.16. The van der Waals surface area contributed by atoms with Crippen molar-refractivity contribution in [2.75, 3.05) is 5.32 Å². The van der Waals surface area contributed by atoms with Crippen LogP contribution in [0.2, 0.25) is 0 Å². The molecule has 29 heavy (non-hydrogen) atoms. The number of hydrogen-bond acceptors (Lipinski definition) is 5. The van der Waals surface area contributed by atoms with Gasteiger partial charge in [-0.3, -0.25) is 9.59 Å². The van der Waals surface area contributed by atoms with Crippen LogP contribution in [0.1, 0.15) is 39.2 Å². The third-order valence-electron chi connectivity index (χ3n) is 4.63. The van der Waals surface area contributed by atoms with Crippen LogP contribution in [-0.4, -0.2) is 33.6 Å². The topological polar surface area (TPSA) is 104 Å². The summed E-state index contributed by atoms with van der Waals surface area (Å²) in [5.41, 5.74) is 2.59. The van der Waals surface area contributed by atoms with E-state index in [0.29, 0.717) is 12.1 Å². The summed E-state index contributed by atoms with van der Waals surface area (Å²) < 4.78 is 1.46. The Morgan fingerprint density at radius 2 is 1.90 bits per heavy atom. The number of carbonyl (C=O) groups excluding carboxylic acids is 1. The lowest BCUT2D eigenvalue weighted by atomic mass is 9.75. The van der Waals surface area contributed by atoms with E-state index in [0.717, 1.165) is 12.1 Å². The third-order valence-corrected chi connectivity index (χ3v) is 4.63. The van der Waals surface area contributed by atoms with Crippen molar-refractivity contribution in [3.63, 3.8) is 0 Å². The molecule has 0 fully saturated rings. The van der Waals surface area contributed by atoms with Gasteiger partial charge in [0.05, 0.1) is 5.94 Å². The molecule has 0 unspecified atom stereocenters. The lowest BCUT2D eigenvalue weighted by Crippen LogP contribution is -2.47. The molecule has 0 spiro atoms. The molecule has 1 aromatic heterocycles. The molecule has 0 saturated carbocycles. The molecule has 0 radical (unpaired) electrons. The average Bonchev–Trinajstić information content (AvgIpc) is 2.66. The lowest BCUT2D eigenvalue weighted by Gasteiger charge is -2.19. The molecule has 0 aliphatic heterocycles. The molecule has 156 valence electrons. The number of nitrogens with one attached hydrogen (secondary N) is 2. The number of anilines is 2. The van der Waals surface area contributed by atoms with Gasteiger partial charge >= 0.3 is 7.12 Å². The number of amides is 1. The molecule has 0 aliphatic carbocycles. The summed E-state index contributed by atoms with van der Waals surface area (Å²) in [5.74, 6) is -0.832. The van der Waals surface area contributed by atoms with E-state index in [1.807, 2.05) is 32.0 Å². The van der Waals surface area contributed by atoms with E-state index in [-0.39, 0.29) is 30.3 Å². The van der Waals surface area contributed by atoms with Gasteiger partial charge in [-0.05, 0) is 42.5 Å². The van der Waals surface area contributed by atoms with Crippen molar-refractivity contribution in [1.29, 1.82) is 0 Å². The molecule has 8 heteroatoms. The number of rotatable bonds is 10. The second kappa shape index (κ2) is 10.8. The van der Waals surface area contributed by atoms with Crippen LogP contribution in [0, 0.1) is 5.92 Å². The summed E-state index contributed by atoms with van der Waals surface area (Å²) in [5, 5.41) is 24.7. The molecule has 4 N–H and O–H groups in total. The highest BCUT2D eigenvalue weighted by molar-refractivity contribution is 6.43. The SMILES string of the molecule is CCc1cccc(Nc2ccn(CCC(=O)N[C@@H](CC(C)C)B(O)O)c(=O)c2)c1. The van der Waals surface area contributed by atoms with Gasteiger partial charge in [-0.25, -0.2) is 0 Å². The summed E-state index contributed by atoms with van der Waals surface area (Å²) in [7, 11) is -1.61. The van der Waals surface area contributed by atoms with E-state index in [2.05, 4.69) is 23.6 Å². The average molecular weight is 399 g/mol. The van der Waals surface area contributed by atoms with Crippen LogP contribution in [0.25, 0.3) is 0 Å². The molecule has 0 saturated heterocycles. The lowest BCUT2D eigenvalue weighted by molar-refractivity contribution is -0.121. The summed E-state index contributed by atoms with van der Waals surface area (Å²) in [6, 6.07) is 11.3. The van der Waals surface area contributed by atoms with Crippen LogP contribution >= 0.6 is 0 Å². The smallest absolute Gasteiger partial charge is 0.426 e. The highest BCUT2D eigenvalue weighted by Gasteiger charge is 2.25. The molecular weight excluding hydrogens is 369 g/mol. The van der Waals surface area contributed by atoms with Gasteiger partial charge in [0.1, 0.15) is 0 Å². The first-order valence-corrected chi connectivity index (χ1v) is 10.0. The van der Waals surface area contributed by atoms with E-state index in [9.17, 15) is 19.6 Å². The van der Waals surface area contributed by atoms with Crippen LogP contribution in [-0.2, 0) is 17.8 Å². The van der Waals surface area contributed by atoms with Gasteiger partial charge in [-0.2, -0.15) is 0 Å². The Morgan fingerprint density at radius 3 is 2.52 bits per heavy atom. The molecule has 0 aliphatic rings. The Bertz CT molecular complexity index is 867. The van der Waals surface area contributed by atoms with E-state index >= 15 is 0 Å². The highest BCUT2D eigenvalue weighted by atomic mass is 16.4. The summed E-state index contributed by atoms with van der Waals surface area (Å²) in [4.78, 5) is 24.5. The molecule has 1 heterocycles. The second-order valence-electron chi connectivity index (χ2n) is 7.59. The number of pyridine rings is 1. The number of carbonyl (C=O) groups is 1. The Labute approximate surface area is 171 Å². The number of nitrogens with zero attached hydrogens (tertiary/aromatic N) is 1. The standard InChI is InChI=1S/C21H30BN3O4/c1-4-16-6-5-7-17(13-16)23-18-8-10-25(21(27)14-18)11-9-20(26)24-19(22(28)29)12-15(2)3/h5-8,10,13-15,19,23,28-29H,4,9,11-12H2,1-3H3,(H,24,26)/t19-/m0/s1. The van der Waals surface area contributed by atoms with Gasteiger partial charge in [0.2, 0.25) is 5.91 Å². The maximum absolute atomic E-state index is 12.4. The van der Waals surface area contributed by atoms with Crippen molar-refractivity contribution in [3.8, 4) is 0 Å². The zero-order valence-electron chi connectivity index (χ0n) is 17.3. The Balaban J connectivity index is 1.94. The predicted molar refractivity (Wildman–Crippen MR) is 116 cm³/mol. The molecule has 1 amide bonds. The van der Waals surface area contributed by atoms with Crippen LogP contribution in [0.3, 0.4) is 0 Å². The largest absolute Gasteiger partial charge is 0.475 e. The Hall–Kier alpha value is -2.58. The fourth-order valence-electron chi connectivity index (χ4n) is 3.07. The van der Waals surface area contributed by atoms with Crippen LogP contribution in [0.5, 0.6) is 0 Å². The van der Waals surface area contributed by atoms with Crippen molar-refractivity contribution < 1.29 is 14.8 Å². The quantitative estimate of drug-likeness (QED) is 0.458. The molecule has 1 aromatic carbocycles. The molecule has 7 nitrogen and oxygen atoms in total. The molecular formula is C21H30BN3O4. The van der Waals surface area contributed by atoms with Crippen LogP contribution < -0.4 is 16.2 Å². The summed E-state index contributed by atoms with van der Waals surface area (Å²) in [6.45, 7) is 6.18. The minimum atomic E-state index is -1.61. The number of benzene rings is 1. The van der Waals surface area contributed by atoms with Gasteiger partial charge in [0.25, 0.3) is 5.56 Å². The molecule has 2 rings (SSSR count). The van der Waals surface area contributed by atoms with Gasteiger partial charge in [-0.1, -0.05) is 32.9 Å². The Morgan fingerprint density at radius 1 is 1.17 bits per heavy atom. The number of aryl methyl sites for hydroxylation is 2. The fourth-order valence-corrected chi connectivity index (χ4v) is 3.07. The normalized spacial score (nSPS) is 11.9. The maximum Gasteiger partial charge on any atom is 0.475 e. The summed E-state index contributed by atoms with van der Waals surface area (Å²) in [6.07, 6.45) is 3.12. The van der Waals surface area contributed by atoms with E-state index in [4.69, 9.17) is 0 Å². The molecule has 2 aromatic rings. The monoisotopic (exact) mass is 399 g/mol. The Kier molecular flexibility index (Phi) is 8.48. The molecule has 1 atom stereocenters. The first-order valence-electron chi connectivity index (χ1n) is 10.0. The minimum Gasteiger partial charge on any atom is -0.426 e. The maximum atomic E-state index is 12.4. The van der Waals surface area contributed by atoms with Crippen molar-refractivity contribution >= 4 is 24.4 Å². The minimum absolute atomic E-state index is 0.0759.